The van der Waals surface area contributed by atoms with Crippen LogP contribution >= 0.6 is 11.3 Å². The Labute approximate surface area is 106 Å². The van der Waals surface area contributed by atoms with Gasteiger partial charge < -0.3 is 10.6 Å². The van der Waals surface area contributed by atoms with Gasteiger partial charge in [0.2, 0.25) is 5.91 Å². The minimum atomic E-state index is 0.00997. The maximum absolute atomic E-state index is 11.4. The summed E-state index contributed by atoms with van der Waals surface area (Å²) in [5.74, 6) is 0.477. The number of nitriles is 1. The molecule has 0 unspecified atom stereocenters. The molecule has 0 aliphatic carbocycles. The van der Waals surface area contributed by atoms with Gasteiger partial charge in [-0.1, -0.05) is 13.8 Å². The summed E-state index contributed by atoms with van der Waals surface area (Å²) in [6.45, 7) is 5.76. The van der Waals surface area contributed by atoms with Crippen LogP contribution in [0.4, 0.5) is 0 Å². The second-order valence-corrected chi connectivity index (χ2v) is 5.21. The Balaban J connectivity index is 2.19. The minimum Gasteiger partial charge on any atom is -0.355 e. The average Bonchev–Trinajstić information content (AvgIpc) is 2.74. The number of carbonyl (C=O) groups is 1. The number of carbonyl (C=O) groups excluding carboxylic acids is 1. The Bertz CT molecular complexity index is 406. The highest BCUT2D eigenvalue weighted by molar-refractivity contribution is 7.10. The van der Waals surface area contributed by atoms with E-state index in [0.29, 0.717) is 31.1 Å². The fourth-order valence-electron chi connectivity index (χ4n) is 1.21. The Morgan fingerprint density at radius 1 is 1.59 bits per heavy atom. The van der Waals surface area contributed by atoms with Gasteiger partial charge in [-0.15, -0.1) is 11.3 Å². The topological polar surface area (TPSA) is 64.9 Å². The Hall–Kier alpha value is -1.38. The number of thiophene rings is 1. The lowest BCUT2D eigenvalue weighted by Gasteiger charge is -2.07. The molecule has 0 saturated heterocycles. The summed E-state index contributed by atoms with van der Waals surface area (Å²) >= 11 is 1.53. The zero-order valence-electron chi connectivity index (χ0n) is 10.1. The molecule has 0 aliphatic rings. The van der Waals surface area contributed by atoms with Gasteiger partial charge in [-0.25, -0.2) is 0 Å². The molecule has 1 aromatic heterocycles. The molecule has 0 spiro atoms. The van der Waals surface area contributed by atoms with E-state index in [1.165, 1.54) is 11.3 Å². The molecule has 0 fully saturated rings. The molecule has 4 nitrogen and oxygen atoms in total. The van der Waals surface area contributed by atoms with Gasteiger partial charge in [0.15, 0.2) is 0 Å². The molecule has 0 atom stereocenters. The van der Waals surface area contributed by atoms with Gasteiger partial charge >= 0.3 is 0 Å². The fraction of sp³-hybridized carbons (Fsp3) is 0.500. The van der Waals surface area contributed by atoms with Crippen molar-refractivity contribution in [2.24, 2.45) is 5.92 Å². The van der Waals surface area contributed by atoms with Crippen LogP contribution in [-0.2, 0) is 11.3 Å². The third kappa shape index (κ3) is 5.48. The molecule has 0 radical (unpaired) electrons. The molecular weight excluding hydrogens is 234 g/mol. The summed E-state index contributed by atoms with van der Waals surface area (Å²) in [6, 6.07) is 3.92. The zero-order valence-corrected chi connectivity index (χ0v) is 10.9. The van der Waals surface area contributed by atoms with Crippen LogP contribution in [0.25, 0.3) is 0 Å². The quantitative estimate of drug-likeness (QED) is 0.805. The molecule has 5 heteroatoms. The monoisotopic (exact) mass is 251 g/mol. The van der Waals surface area contributed by atoms with E-state index in [1.54, 1.807) is 0 Å². The van der Waals surface area contributed by atoms with Crippen molar-refractivity contribution in [3.05, 3.63) is 21.9 Å². The lowest BCUT2D eigenvalue weighted by molar-refractivity contribution is -0.120. The van der Waals surface area contributed by atoms with Crippen LogP contribution in [0.3, 0.4) is 0 Å². The highest BCUT2D eigenvalue weighted by atomic mass is 32.1. The van der Waals surface area contributed by atoms with Gasteiger partial charge in [0.25, 0.3) is 0 Å². The third-order valence-electron chi connectivity index (χ3n) is 2.08. The van der Waals surface area contributed by atoms with Crippen molar-refractivity contribution in [2.75, 3.05) is 13.1 Å². The van der Waals surface area contributed by atoms with E-state index in [-0.39, 0.29) is 5.91 Å². The van der Waals surface area contributed by atoms with Crippen molar-refractivity contribution in [2.45, 2.75) is 20.4 Å². The normalized spacial score (nSPS) is 10.2. The van der Waals surface area contributed by atoms with Gasteiger partial charge in [0.05, 0.1) is 12.1 Å². The minimum absolute atomic E-state index is 0.00997. The molecule has 92 valence electrons. The summed E-state index contributed by atoms with van der Waals surface area (Å²) in [5, 5.41) is 16.4. The Morgan fingerprint density at radius 3 is 2.94 bits per heavy atom. The molecule has 0 aromatic carbocycles. The third-order valence-corrected chi connectivity index (χ3v) is 3.01. The number of nitrogens with zero attached hydrogens (tertiary/aromatic N) is 1. The van der Waals surface area contributed by atoms with Gasteiger partial charge in [-0.3, -0.25) is 4.79 Å². The molecule has 0 saturated carbocycles. The standard InChI is InChI=1S/C12H17N3OS/c1-9(2)5-15-12(16)7-14-6-11-3-10(4-13)8-17-11/h3,8-9,14H,5-7H2,1-2H3,(H,15,16). The first kappa shape index (κ1) is 13.7. The Morgan fingerprint density at radius 2 is 2.35 bits per heavy atom. The van der Waals surface area contributed by atoms with Crippen molar-refractivity contribution in [3.63, 3.8) is 0 Å². The molecular formula is C12H17N3OS. The van der Waals surface area contributed by atoms with Crippen LogP contribution in [0, 0.1) is 17.2 Å². The summed E-state index contributed by atoms with van der Waals surface area (Å²) in [6.07, 6.45) is 0. The van der Waals surface area contributed by atoms with E-state index in [2.05, 4.69) is 30.6 Å². The summed E-state index contributed by atoms with van der Waals surface area (Å²) in [4.78, 5) is 12.4. The number of nitrogens with one attached hydrogen (secondary N) is 2. The van der Waals surface area contributed by atoms with Crippen molar-refractivity contribution in [3.8, 4) is 6.07 Å². The van der Waals surface area contributed by atoms with E-state index < -0.39 is 0 Å². The van der Waals surface area contributed by atoms with Gasteiger partial charge in [-0.05, 0) is 12.0 Å². The highest BCUT2D eigenvalue weighted by Gasteiger charge is 2.03. The number of amides is 1. The summed E-state index contributed by atoms with van der Waals surface area (Å²) in [5.41, 5.74) is 0.677. The molecule has 1 heterocycles. The first-order chi connectivity index (χ1) is 8.11. The van der Waals surface area contributed by atoms with E-state index in [1.807, 2.05) is 11.4 Å². The number of rotatable bonds is 6. The van der Waals surface area contributed by atoms with Gasteiger partial charge in [0, 0.05) is 23.3 Å². The highest BCUT2D eigenvalue weighted by Crippen LogP contribution is 2.12. The second-order valence-electron chi connectivity index (χ2n) is 4.21. The number of hydrogen-bond donors (Lipinski definition) is 2. The molecule has 2 N–H and O–H groups in total. The van der Waals surface area contributed by atoms with Crippen molar-refractivity contribution in [1.82, 2.24) is 10.6 Å². The average molecular weight is 251 g/mol. The Kier molecular flexibility index (Phi) is 5.67. The molecule has 1 rings (SSSR count). The van der Waals surface area contributed by atoms with E-state index in [0.717, 1.165) is 4.88 Å². The van der Waals surface area contributed by atoms with Crippen LogP contribution < -0.4 is 10.6 Å². The fourth-order valence-corrected chi connectivity index (χ4v) is 1.99. The van der Waals surface area contributed by atoms with Crippen LogP contribution in [0.2, 0.25) is 0 Å². The lowest BCUT2D eigenvalue weighted by Crippen LogP contribution is -2.35. The maximum Gasteiger partial charge on any atom is 0.233 e. The van der Waals surface area contributed by atoms with E-state index in [4.69, 9.17) is 5.26 Å². The van der Waals surface area contributed by atoms with Gasteiger partial charge in [0.1, 0.15) is 6.07 Å². The van der Waals surface area contributed by atoms with Crippen molar-refractivity contribution >= 4 is 17.2 Å². The van der Waals surface area contributed by atoms with E-state index >= 15 is 0 Å². The smallest absolute Gasteiger partial charge is 0.233 e. The van der Waals surface area contributed by atoms with E-state index in [9.17, 15) is 4.79 Å². The largest absolute Gasteiger partial charge is 0.355 e. The van der Waals surface area contributed by atoms with Crippen LogP contribution in [0.15, 0.2) is 11.4 Å². The predicted molar refractivity (Wildman–Crippen MR) is 68.6 cm³/mol. The summed E-state index contributed by atoms with van der Waals surface area (Å²) in [7, 11) is 0. The zero-order chi connectivity index (χ0) is 12.7. The maximum atomic E-state index is 11.4. The van der Waals surface area contributed by atoms with Crippen LogP contribution in [-0.4, -0.2) is 19.0 Å². The first-order valence-corrected chi connectivity index (χ1v) is 6.44. The molecule has 0 aliphatic heterocycles. The first-order valence-electron chi connectivity index (χ1n) is 5.56. The lowest BCUT2D eigenvalue weighted by atomic mass is 10.2. The SMILES string of the molecule is CC(C)CNC(=O)CNCc1cc(C#N)cs1. The molecule has 1 amide bonds. The second kappa shape index (κ2) is 7.05. The summed E-state index contributed by atoms with van der Waals surface area (Å²) < 4.78 is 0. The van der Waals surface area contributed by atoms with Crippen molar-refractivity contribution in [1.29, 1.82) is 5.26 Å². The predicted octanol–water partition coefficient (Wildman–Crippen LogP) is 1.48. The molecule has 17 heavy (non-hydrogen) atoms. The van der Waals surface area contributed by atoms with Crippen LogP contribution in [0.5, 0.6) is 0 Å². The van der Waals surface area contributed by atoms with Crippen LogP contribution in [0.1, 0.15) is 24.3 Å². The molecule has 0 bridgehead atoms. The van der Waals surface area contributed by atoms with Crippen molar-refractivity contribution < 1.29 is 4.79 Å². The molecule has 1 aromatic rings. The number of hydrogen-bond acceptors (Lipinski definition) is 4. The van der Waals surface area contributed by atoms with Gasteiger partial charge in [-0.2, -0.15) is 5.26 Å².